The smallest absolute Gasteiger partial charge is 0.305 e. The van der Waals surface area contributed by atoms with Crippen molar-refractivity contribution in [3.05, 3.63) is 0 Å². The zero-order valence-electron chi connectivity index (χ0n) is 8.70. The molecule has 0 amide bonds. The Kier molecular flexibility index (Phi) is 4.90. The second-order valence-corrected chi connectivity index (χ2v) is 3.73. The number of carbonyl (C=O) groups is 1. The average molecular weight is 201 g/mol. The summed E-state index contributed by atoms with van der Waals surface area (Å²) in [5.41, 5.74) is 5.97. The largest absolute Gasteiger partial charge is 0.469 e. The molecule has 0 aromatic heterocycles. The van der Waals surface area contributed by atoms with Crippen molar-refractivity contribution in [2.45, 2.75) is 31.7 Å². The van der Waals surface area contributed by atoms with Crippen molar-refractivity contribution in [1.29, 1.82) is 0 Å². The SMILES string of the molecule is COC(=O)CC[C@H]1CCOCC[C@H]1N. The molecule has 82 valence electrons. The Hall–Kier alpha value is -0.610. The van der Waals surface area contributed by atoms with Crippen molar-refractivity contribution < 1.29 is 14.3 Å². The molecule has 2 atom stereocenters. The summed E-state index contributed by atoms with van der Waals surface area (Å²) in [4.78, 5) is 11.0. The lowest BCUT2D eigenvalue weighted by molar-refractivity contribution is -0.141. The van der Waals surface area contributed by atoms with Crippen LogP contribution in [0.3, 0.4) is 0 Å². The van der Waals surface area contributed by atoms with Crippen LogP contribution in [0.2, 0.25) is 0 Å². The van der Waals surface area contributed by atoms with Gasteiger partial charge in [-0.15, -0.1) is 0 Å². The minimum absolute atomic E-state index is 0.151. The fourth-order valence-corrected chi connectivity index (χ4v) is 1.77. The highest BCUT2D eigenvalue weighted by atomic mass is 16.5. The predicted molar refractivity (Wildman–Crippen MR) is 52.8 cm³/mol. The summed E-state index contributed by atoms with van der Waals surface area (Å²) in [7, 11) is 1.42. The quantitative estimate of drug-likeness (QED) is 0.682. The fourth-order valence-electron chi connectivity index (χ4n) is 1.77. The summed E-state index contributed by atoms with van der Waals surface area (Å²) in [6.07, 6.45) is 3.13. The zero-order chi connectivity index (χ0) is 10.4. The van der Waals surface area contributed by atoms with Crippen LogP contribution in [-0.2, 0) is 14.3 Å². The van der Waals surface area contributed by atoms with Crippen LogP contribution in [0.5, 0.6) is 0 Å². The molecule has 1 saturated heterocycles. The lowest BCUT2D eigenvalue weighted by atomic mass is 9.91. The normalized spacial score (nSPS) is 28.1. The summed E-state index contributed by atoms with van der Waals surface area (Å²) in [5, 5.41) is 0. The van der Waals surface area contributed by atoms with Crippen LogP contribution in [-0.4, -0.2) is 32.3 Å². The van der Waals surface area contributed by atoms with E-state index >= 15 is 0 Å². The molecule has 0 saturated carbocycles. The van der Waals surface area contributed by atoms with Gasteiger partial charge in [0, 0.05) is 25.7 Å². The number of carbonyl (C=O) groups excluding carboxylic acids is 1. The van der Waals surface area contributed by atoms with E-state index in [2.05, 4.69) is 4.74 Å². The van der Waals surface area contributed by atoms with Crippen molar-refractivity contribution in [3.8, 4) is 0 Å². The standard InChI is InChI=1S/C10H19NO3/c1-13-10(12)3-2-8-4-6-14-7-5-9(8)11/h8-9H,2-7,11H2,1H3/t8-,9+/m0/s1. The summed E-state index contributed by atoms with van der Waals surface area (Å²) in [6.45, 7) is 1.51. The van der Waals surface area contributed by atoms with E-state index in [1.54, 1.807) is 0 Å². The van der Waals surface area contributed by atoms with Crippen molar-refractivity contribution in [2.24, 2.45) is 11.7 Å². The maximum atomic E-state index is 11.0. The molecule has 1 fully saturated rings. The summed E-state index contributed by atoms with van der Waals surface area (Å²) in [5.74, 6) is 0.249. The maximum Gasteiger partial charge on any atom is 0.305 e. The van der Waals surface area contributed by atoms with Crippen molar-refractivity contribution in [2.75, 3.05) is 20.3 Å². The lowest BCUT2D eigenvalue weighted by Crippen LogP contribution is -2.30. The summed E-state index contributed by atoms with van der Waals surface area (Å²) >= 11 is 0. The third-order valence-corrected chi connectivity index (χ3v) is 2.78. The van der Waals surface area contributed by atoms with Gasteiger partial charge in [0.1, 0.15) is 0 Å². The van der Waals surface area contributed by atoms with E-state index in [1.165, 1.54) is 7.11 Å². The Bertz CT molecular complexity index is 184. The number of hydrogen-bond acceptors (Lipinski definition) is 4. The molecular weight excluding hydrogens is 182 g/mol. The molecule has 14 heavy (non-hydrogen) atoms. The molecule has 0 spiro atoms. The monoisotopic (exact) mass is 201 g/mol. The van der Waals surface area contributed by atoms with Crippen LogP contribution in [0, 0.1) is 5.92 Å². The van der Waals surface area contributed by atoms with E-state index in [0.29, 0.717) is 12.3 Å². The number of ether oxygens (including phenoxy) is 2. The Morgan fingerprint density at radius 3 is 2.93 bits per heavy atom. The number of methoxy groups -OCH3 is 1. The first-order valence-corrected chi connectivity index (χ1v) is 5.14. The molecule has 2 N–H and O–H groups in total. The third-order valence-electron chi connectivity index (χ3n) is 2.78. The second-order valence-electron chi connectivity index (χ2n) is 3.73. The molecule has 0 bridgehead atoms. The highest BCUT2D eigenvalue weighted by Gasteiger charge is 2.21. The van der Waals surface area contributed by atoms with Gasteiger partial charge in [0.15, 0.2) is 0 Å². The van der Waals surface area contributed by atoms with Gasteiger partial charge in [-0.1, -0.05) is 0 Å². The Morgan fingerprint density at radius 1 is 1.50 bits per heavy atom. The highest BCUT2D eigenvalue weighted by molar-refractivity contribution is 5.69. The molecule has 0 radical (unpaired) electrons. The van der Waals surface area contributed by atoms with Crippen molar-refractivity contribution in [1.82, 2.24) is 0 Å². The number of rotatable bonds is 3. The van der Waals surface area contributed by atoms with Crippen LogP contribution in [0.1, 0.15) is 25.7 Å². The predicted octanol–water partition coefficient (Wildman–Crippen LogP) is 0.693. The number of esters is 1. The van der Waals surface area contributed by atoms with E-state index in [1.807, 2.05) is 0 Å². The molecule has 1 aliphatic heterocycles. The Balaban J connectivity index is 2.29. The molecule has 0 aromatic carbocycles. The summed E-state index contributed by atoms with van der Waals surface area (Å²) < 4.78 is 9.93. The maximum absolute atomic E-state index is 11.0. The molecular formula is C10H19NO3. The average Bonchev–Trinajstić information content (AvgIpc) is 2.39. The molecule has 4 heteroatoms. The second kappa shape index (κ2) is 5.98. The Labute approximate surface area is 84.7 Å². The van der Waals surface area contributed by atoms with Gasteiger partial charge in [-0.25, -0.2) is 0 Å². The first-order chi connectivity index (χ1) is 6.74. The molecule has 0 unspecified atom stereocenters. The minimum atomic E-state index is -0.151. The molecule has 1 rings (SSSR count). The topological polar surface area (TPSA) is 61.5 Å². The lowest BCUT2D eigenvalue weighted by Gasteiger charge is -2.19. The molecule has 4 nitrogen and oxygen atoms in total. The fraction of sp³-hybridized carbons (Fsp3) is 0.900. The van der Waals surface area contributed by atoms with Gasteiger partial charge in [0.25, 0.3) is 0 Å². The highest BCUT2D eigenvalue weighted by Crippen LogP contribution is 2.20. The number of hydrogen-bond donors (Lipinski definition) is 1. The Morgan fingerprint density at radius 2 is 2.21 bits per heavy atom. The van der Waals surface area contributed by atoms with Gasteiger partial charge in [-0.3, -0.25) is 4.79 Å². The molecule has 1 heterocycles. The summed E-state index contributed by atoms with van der Waals surface area (Å²) in [6, 6.07) is 0.169. The van der Waals surface area contributed by atoms with E-state index in [9.17, 15) is 4.79 Å². The van der Waals surface area contributed by atoms with Gasteiger partial charge in [-0.05, 0) is 25.2 Å². The molecule has 1 aliphatic rings. The first kappa shape index (κ1) is 11.5. The van der Waals surface area contributed by atoms with E-state index in [-0.39, 0.29) is 12.0 Å². The van der Waals surface area contributed by atoms with Crippen LogP contribution < -0.4 is 5.73 Å². The zero-order valence-corrected chi connectivity index (χ0v) is 8.70. The van der Waals surface area contributed by atoms with Crippen LogP contribution in [0.15, 0.2) is 0 Å². The van der Waals surface area contributed by atoms with Gasteiger partial charge in [0.2, 0.25) is 0 Å². The van der Waals surface area contributed by atoms with Gasteiger partial charge >= 0.3 is 5.97 Å². The molecule has 0 aliphatic carbocycles. The van der Waals surface area contributed by atoms with Crippen LogP contribution >= 0.6 is 0 Å². The van der Waals surface area contributed by atoms with Gasteiger partial charge in [0.05, 0.1) is 7.11 Å². The van der Waals surface area contributed by atoms with E-state index < -0.39 is 0 Å². The van der Waals surface area contributed by atoms with Crippen molar-refractivity contribution in [3.63, 3.8) is 0 Å². The van der Waals surface area contributed by atoms with E-state index in [4.69, 9.17) is 10.5 Å². The van der Waals surface area contributed by atoms with Crippen LogP contribution in [0.25, 0.3) is 0 Å². The third kappa shape index (κ3) is 3.64. The first-order valence-electron chi connectivity index (χ1n) is 5.14. The van der Waals surface area contributed by atoms with Gasteiger partial charge < -0.3 is 15.2 Å². The van der Waals surface area contributed by atoms with E-state index in [0.717, 1.165) is 32.5 Å². The minimum Gasteiger partial charge on any atom is -0.469 e. The molecule has 0 aromatic rings. The van der Waals surface area contributed by atoms with Crippen molar-refractivity contribution >= 4 is 5.97 Å². The van der Waals surface area contributed by atoms with Gasteiger partial charge in [-0.2, -0.15) is 0 Å². The number of nitrogens with two attached hydrogens (primary N) is 1. The van der Waals surface area contributed by atoms with Crippen LogP contribution in [0.4, 0.5) is 0 Å².